The Labute approximate surface area is 134 Å². The lowest BCUT2D eigenvalue weighted by atomic mass is 9.85. The maximum atomic E-state index is 12.4. The van der Waals surface area contributed by atoms with E-state index in [1.165, 1.54) is 6.07 Å². The van der Waals surface area contributed by atoms with Crippen LogP contribution < -0.4 is 5.43 Å². The van der Waals surface area contributed by atoms with Crippen molar-refractivity contribution in [3.63, 3.8) is 0 Å². The van der Waals surface area contributed by atoms with Crippen LogP contribution in [0.5, 0.6) is 0 Å². The van der Waals surface area contributed by atoms with Crippen LogP contribution in [0.3, 0.4) is 0 Å². The smallest absolute Gasteiger partial charge is 0.379 e. The maximum Gasteiger partial charge on any atom is 0.406 e. The van der Waals surface area contributed by atoms with Gasteiger partial charge in [0.05, 0.1) is 30.9 Å². The van der Waals surface area contributed by atoms with Crippen LogP contribution in [0.15, 0.2) is 10.6 Å². The zero-order valence-electron chi connectivity index (χ0n) is 12.7. The molecule has 8 nitrogen and oxygen atoms in total. The quantitative estimate of drug-likeness (QED) is 0.874. The molecule has 0 saturated carbocycles. The predicted molar refractivity (Wildman–Crippen MR) is 71.9 cm³/mol. The SMILES string of the molecule is CC1(c2cc(C(=O)NN3CCN(CC(F)(F)F)C3=O)on2)COC1. The first-order valence-corrected chi connectivity index (χ1v) is 7.17. The molecule has 11 heteroatoms. The first-order chi connectivity index (χ1) is 11.2. The zero-order chi connectivity index (χ0) is 17.5. The fraction of sp³-hybridized carbons (Fsp3) is 0.615. The molecule has 0 radical (unpaired) electrons. The van der Waals surface area contributed by atoms with E-state index in [1.54, 1.807) is 0 Å². The summed E-state index contributed by atoms with van der Waals surface area (Å²) < 4.78 is 47.1. The Kier molecular flexibility index (Phi) is 3.90. The summed E-state index contributed by atoms with van der Waals surface area (Å²) in [5, 5.41) is 4.63. The number of nitrogens with zero attached hydrogens (tertiary/aromatic N) is 3. The average molecular weight is 348 g/mol. The lowest BCUT2D eigenvalue weighted by Gasteiger charge is -2.35. The molecular formula is C13H15F3N4O4. The highest BCUT2D eigenvalue weighted by Crippen LogP contribution is 2.31. The van der Waals surface area contributed by atoms with Gasteiger partial charge in [-0.3, -0.25) is 10.2 Å². The van der Waals surface area contributed by atoms with Gasteiger partial charge in [0.1, 0.15) is 6.54 Å². The number of rotatable bonds is 4. The molecule has 2 aliphatic rings. The zero-order valence-corrected chi connectivity index (χ0v) is 12.7. The molecule has 0 spiro atoms. The number of amides is 3. The van der Waals surface area contributed by atoms with Crippen molar-refractivity contribution in [1.82, 2.24) is 20.5 Å². The van der Waals surface area contributed by atoms with Gasteiger partial charge in [-0.15, -0.1) is 0 Å². The van der Waals surface area contributed by atoms with Gasteiger partial charge < -0.3 is 14.2 Å². The van der Waals surface area contributed by atoms with E-state index in [4.69, 9.17) is 9.26 Å². The van der Waals surface area contributed by atoms with Crippen molar-refractivity contribution >= 4 is 11.9 Å². The van der Waals surface area contributed by atoms with E-state index >= 15 is 0 Å². The summed E-state index contributed by atoms with van der Waals surface area (Å²) in [6.45, 7) is 1.27. The van der Waals surface area contributed by atoms with Crippen molar-refractivity contribution in [2.75, 3.05) is 32.8 Å². The Morgan fingerprint density at radius 1 is 1.42 bits per heavy atom. The number of carbonyl (C=O) groups excluding carboxylic acids is 2. The highest BCUT2D eigenvalue weighted by atomic mass is 19.4. The van der Waals surface area contributed by atoms with E-state index in [9.17, 15) is 22.8 Å². The van der Waals surface area contributed by atoms with Gasteiger partial charge in [-0.1, -0.05) is 5.16 Å². The first-order valence-electron chi connectivity index (χ1n) is 7.17. The number of urea groups is 1. The fourth-order valence-corrected chi connectivity index (χ4v) is 2.45. The van der Waals surface area contributed by atoms with Crippen LogP contribution >= 0.6 is 0 Å². The number of halogens is 3. The van der Waals surface area contributed by atoms with Crippen LogP contribution in [0, 0.1) is 0 Å². The Bertz CT molecular complexity index is 656. The summed E-state index contributed by atoms with van der Waals surface area (Å²) in [5.74, 6) is -0.875. The Morgan fingerprint density at radius 3 is 2.71 bits per heavy atom. The number of hydrogen-bond acceptors (Lipinski definition) is 5. The molecule has 3 heterocycles. The molecule has 24 heavy (non-hydrogen) atoms. The van der Waals surface area contributed by atoms with E-state index in [0.717, 1.165) is 5.01 Å². The van der Waals surface area contributed by atoms with Crippen molar-refractivity contribution in [3.05, 3.63) is 17.5 Å². The standard InChI is InChI=1S/C13H15F3N4O4/c1-12(6-23-7-12)9-4-8(24-18-9)10(21)17-20-3-2-19(11(20)22)5-13(14,15)16/h4H,2-3,5-7H2,1H3,(H,17,21). The Hall–Kier alpha value is -2.30. The molecule has 2 fully saturated rings. The second-order valence-electron chi connectivity index (χ2n) is 6.04. The number of nitrogens with one attached hydrogen (secondary N) is 1. The van der Waals surface area contributed by atoms with Gasteiger partial charge in [0.25, 0.3) is 0 Å². The van der Waals surface area contributed by atoms with Crippen molar-refractivity contribution in [2.45, 2.75) is 18.5 Å². The molecule has 0 aliphatic carbocycles. The second kappa shape index (κ2) is 5.65. The van der Waals surface area contributed by atoms with Crippen LogP contribution in [-0.4, -0.2) is 66.0 Å². The van der Waals surface area contributed by atoms with Crippen LogP contribution in [-0.2, 0) is 10.2 Å². The number of hydrogen-bond donors (Lipinski definition) is 1. The lowest BCUT2D eigenvalue weighted by molar-refractivity contribution is -0.138. The predicted octanol–water partition coefficient (Wildman–Crippen LogP) is 0.907. The summed E-state index contributed by atoms with van der Waals surface area (Å²) in [4.78, 5) is 24.5. The molecule has 0 atom stereocenters. The van der Waals surface area contributed by atoms with Gasteiger partial charge in [-0.2, -0.15) is 13.2 Å². The van der Waals surface area contributed by atoms with Crippen molar-refractivity contribution in [2.24, 2.45) is 0 Å². The molecule has 1 aromatic heterocycles. The molecule has 1 N–H and O–H groups in total. The van der Waals surface area contributed by atoms with Gasteiger partial charge in [0.15, 0.2) is 0 Å². The summed E-state index contributed by atoms with van der Waals surface area (Å²) in [5.41, 5.74) is 2.45. The maximum absolute atomic E-state index is 12.4. The van der Waals surface area contributed by atoms with Crippen LogP contribution in [0.2, 0.25) is 0 Å². The molecule has 0 unspecified atom stereocenters. The van der Waals surface area contributed by atoms with Crippen LogP contribution in [0.25, 0.3) is 0 Å². The number of carbonyl (C=O) groups is 2. The molecule has 132 valence electrons. The summed E-state index contributed by atoms with van der Waals surface area (Å²) >= 11 is 0. The minimum Gasteiger partial charge on any atom is -0.379 e. The van der Waals surface area contributed by atoms with E-state index in [1.807, 2.05) is 6.92 Å². The lowest BCUT2D eigenvalue weighted by Crippen LogP contribution is -2.46. The molecule has 1 aromatic rings. The van der Waals surface area contributed by atoms with Gasteiger partial charge in [-0.25, -0.2) is 9.80 Å². The molecule has 0 aromatic carbocycles. The molecule has 2 saturated heterocycles. The third-order valence-corrected chi connectivity index (χ3v) is 3.90. The topological polar surface area (TPSA) is 87.9 Å². The average Bonchev–Trinajstić information content (AvgIpc) is 3.06. The minimum atomic E-state index is -4.49. The van der Waals surface area contributed by atoms with E-state index in [0.29, 0.717) is 23.8 Å². The third kappa shape index (κ3) is 3.16. The minimum absolute atomic E-state index is 0.0484. The summed E-state index contributed by atoms with van der Waals surface area (Å²) in [7, 11) is 0. The van der Waals surface area contributed by atoms with Crippen molar-refractivity contribution in [3.8, 4) is 0 Å². The van der Waals surface area contributed by atoms with Gasteiger partial charge in [0.2, 0.25) is 5.76 Å². The Morgan fingerprint density at radius 2 is 2.12 bits per heavy atom. The molecule has 3 amide bonds. The van der Waals surface area contributed by atoms with E-state index < -0.39 is 24.7 Å². The monoisotopic (exact) mass is 348 g/mol. The van der Waals surface area contributed by atoms with Crippen LogP contribution in [0.1, 0.15) is 23.2 Å². The number of aromatic nitrogens is 1. The normalized spacial score (nSPS) is 20.2. The van der Waals surface area contributed by atoms with Gasteiger partial charge in [0, 0.05) is 12.6 Å². The molecule has 0 bridgehead atoms. The Balaban J connectivity index is 1.60. The summed E-state index contributed by atoms with van der Waals surface area (Å²) in [6.07, 6.45) is -4.49. The van der Waals surface area contributed by atoms with E-state index in [2.05, 4.69) is 10.6 Å². The molecule has 3 rings (SSSR count). The fourth-order valence-electron chi connectivity index (χ4n) is 2.45. The number of ether oxygens (including phenoxy) is 1. The van der Waals surface area contributed by atoms with Crippen molar-refractivity contribution < 1.29 is 32.0 Å². The second-order valence-corrected chi connectivity index (χ2v) is 6.04. The van der Waals surface area contributed by atoms with Gasteiger partial charge in [-0.05, 0) is 6.92 Å². The van der Waals surface area contributed by atoms with Gasteiger partial charge >= 0.3 is 18.1 Å². The largest absolute Gasteiger partial charge is 0.406 e. The number of alkyl halides is 3. The van der Waals surface area contributed by atoms with Crippen molar-refractivity contribution in [1.29, 1.82) is 0 Å². The number of hydrazine groups is 1. The molecule has 2 aliphatic heterocycles. The molecular weight excluding hydrogens is 333 g/mol. The third-order valence-electron chi connectivity index (χ3n) is 3.90. The highest BCUT2D eigenvalue weighted by molar-refractivity contribution is 5.93. The first kappa shape index (κ1) is 16.6. The van der Waals surface area contributed by atoms with E-state index in [-0.39, 0.29) is 24.3 Å². The van der Waals surface area contributed by atoms with Crippen LogP contribution in [0.4, 0.5) is 18.0 Å². The summed E-state index contributed by atoms with van der Waals surface area (Å²) in [6, 6.07) is 0.520. The highest BCUT2D eigenvalue weighted by Gasteiger charge is 2.40.